The molecule has 2 rings (SSSR count). The van der Waals surface area contributed by atoms with Gasteiger partial charge in [0.1, 0.15) is 11.9 Å². The summed E-state index contributed by atoms with van der Waals surface area (Å²) in [4.78, 5) is 0. The van der Waals surface area contributed by atoms with Crippen LogP contribution < -0.4 is 4.74 Å². The monoisotopic (exact) mass is 286 g/mol. The lowest BCUT2D eigenvalue weighted by atomic mass is 9.88. The van der Waals surface area contributed by atoms with Crippen LogP contribution in [-0.2, 0) is 0 Å². The van der Waals surface area contributed by atoms with Crippen LogP contribution >= 0.6 is 0 Å². The summed E-state index contributed by atoms with van der Waals surface area (Å²) in [5.74, 6) is 0.588. The van der Waals surface area contributed by atoms with Gasteiger partial charge in [-0.1, -0.05) is 55.5 Å². The van der Waals surface area contributed by atoms with Crippen molar-refractivity contribution in [3.05, 3.63) is 66.2 Å². The standard InChI is InChI=1S/C18H22O3/c1-2-16(14-9-5-3-6-10-14)18(20)17(13-19)21-15-11-7-4-8-12-15/h3-12,16-20H,2,13H2,1H3. The summed E-state index contributed by atoms with van der Waals surface area (Å²) >= 11 is 0. The summed E-state index contributed by atoms with van der Waals surface area (Å²) < 4.78 is 5.73. The maximum Gasteiger partial charge on any atom is 0.148 e. The van der Waals surface area contributed by atoms with Crippen LogP contribution in [0, 0.1) is 0 Å². The first-order chi connectivity index (χ1) is 10.3. The molecule has 0 aliphatic heterocycles. The molecule has 3 unspecified atom stereocenters. The number of para-hydroxylation sites is 1. The molecule has 0 amide bonds. The number of hydrogen-bond donors (Lipinski definition) is 2. The van der Waals surface area contributed by atoms with Gasteiger partial charge in [0.15, 0.2) is 0 Å². The Bertz CT molecular complexity index is 513. The molecule has 21 heavy (non-hydrogen) atoms. The second-order valence-corrected chi connectivity index (χ2v) is 5.07. The molecule has 112 valence electrons. The zero-order valence-electron chi connectivity index (χ0n) is 12.2. The van der Waals surface area contributed by atoms with Gasteiger partial charge >= 0.3 is 0 Å². The van der Waals surface area contributed by atoms with E-state index in [1.807, 2.05) is 67.6 Å². The predicted molar refractivity (Wildman–Crippen MR) is 83.4 cm³/mol. The average Bonchev–Trinajstić information content (AvgIpc) is 2.55. The normalized spacial score (nSPS) is 15.2. The van der Waals surface area contributed by atoms with Crippen molar-refractivity contribution in [1.82, 2.24) is 0 Å². The molecule has 0 saturated carbocycles. The van der Waals surface area contributed by atoms with Crippen molar-refractivity contribution in [3.63, 3.8) is 0 Å². The van der Waals surface area contributed by atoms with Gasteiger partial charge in [-0.2, -0.15) is 0 Å². The van der Waals surface area contributed by atoms with E-state index in [0.717, 1.165) is 12.0 Å². The van der Waals surface area contributed by atoms with E-state index in [9.17, 15) is 10.2 Å². The first-order valence-corrected chi connectivity index (χ1v) is 7.31. The molecule has 0 spiro atoms. The van der Waals surface area contributed by atoms with Crippen LogP contribution in [0.3, 0.4) is 0 Å². The second-order valence-electron chi connectivity index (χ2n) is 5.07. The summed E-state index contributed by atoms with van der Waals surface area (Å²) in [5.41, 5.74) is 1.06. The van der Waals surface area contributed by atoms with Gasteiger partial charge < -0.3 is 14.9 Å². The Morgan fingerprint density at radius 2 is 1.52 bits per heavy atom. The maximum atomic E-state index is 10.6. The smallest absolute Gasteiger partial charge is 0.148 e. The van der Waals surface area contributed by atoms with E-state index < -0.39 is 12.2 Å². The third-order valence-corrected chi connectivity index (χ3v) is 3.67. The van der Waals surface area contributed by atoms with Crippen LogP contribution in [0.25, 0.3) is 0 Å². The van der Waals surface area contributed by atoms with Gasteiger partial charge in [0.2, 0.25) is 0 Å². The van der Waals surface area contributed by atoms with Gasteiger partial charge in [-0.3, -0.25) is 0 Å². The van der Waals surface area contributed by atoms with Crippen LogP contribution in [0.4, 0.5) is 0 Å². The summed E-state index contributed by atoms with van der Waals surface area (Å²) in [7, 11) is 0. The first-order valence-electron chi connectivity index (χ1n) is 7.31. The maximum absolute atomic E-state index is 10.6. The van der Waals surface area contributed by atoms with E-state index in [-0.39, 0.29) is 12.5 Å². The number of ether oxygens (including phenoxy) is 1. The molecular formula is C18H22O3. The van der Waals surface area contributed by atoms with Crippen molar-refractivity contribution in [3.8, 4) is 5.75 Å². The van der Waals surface area contributed by atoms with Crippen molar-refractivity contribution >= 4 is 0 Å². The average molecular weight is 286 g/mol. The van der Waals surface area contributed by atoms with Crippen molar-refractivity contribution in [2.45, 2.75) is 31.5 Å². The molecule has 2 N–H and O–H groups in total. The molecule has 0 aromatic heterocycles. The molecule has 0 fully saturated rings. The molecule has 3 heteroatoms. The summed E-state index contributed by atoms with van der Waals surface area (Å²) in [6.45, 7) is 1.80. The number of rotatable bonds is 7. The predicted octanol–water partition coefficient (Wildman–Crippen LogP) is 2.98. The van der Waals surface area contributed by atoms with Crippen LogP contribution in [0.1, 0.15) is 24.8 Å². The minimum Gasteiger partial charge on any atom is -0.485 e. The lowest BCUT2D eigenvalue weighted by molar-refractivity contribution is -0.0129. The minimum atomic E-state index is -0.761. The topological polar surface area (TPSA) is 49.7 Å². The van der Waals surface area contributed by atoms with Crippen molar-refractivity contribution in [2.24, 2.45) is 0 Å². The summed E-state index contributed by atoms with van der Waals surface area (Å²) in [6, 6.07) is 19.1. The van der Waals surface area contributed by atoms with E-state index >= 15 is 0 Å². The van der Waals surface area contributed by atoms with Gasteiger partial charge in [-0.05, 0) is 24.1 Å². The largest absolute Gasteiger partial charge is 0.485 e. The van der Waals surface area contributed by atoms with Crippen molar-refractivity contribution in [2.75, 3.05) is 6.61 Å². The third kappa shape index (κ3) is 4.06. The van der Waals surface area contributed by atoms with Crippen molar-refractivity contribution in [1.29, 1.82) is 0 Å². The Morgan fingerprint density at radius 1 is 0.952 bits per heavy atom. The Balaban J connectivity index is 2.12. The quantitative estimate of drug-likeness (QED) is 0.822. The van der Waals surface area contributed by atoms with Gasteiger partial charge in [0.25, 0.3) is 0 Å². The van der Waals surface area contributed by atoms with Crippen LogP contribution in [-0.4, -0.2) is 29.0 Å². The van der Waals surface area contributed by atoms with Crippen LogP contribution in [0.5, 0.6) is 5.75 Å². The van der Waals surface area contributed by atoms with E-state index in [1.165, 1.54) is 0 Å². The number of benzene rings is 2. The lowest BCUT2D eigenvalue weighted by Gasteiger charge is -2.29. The fraction of sp³-hybridized carbons (Fsp3) is 0.333. The number of aliphatic hydroxyl groups excluding tert-OH is 2. The number of aliphatic hydroxyl groups is 2. The molecule has 2 aromatic carbocycles. The Hall–Kier alpha value is -1.84. The molecule has 0 saturated heterocycles. The fourth-order valence-electron chi connectivity index (χ4n) is 2.52. The fourth-order valence-corrected chi connectivity index (χ4v) is 2.52. The third-order valence-electron chi connectivity index (χ3n) is 3.67. The van der Waals surface area contributed by atoms with Gasteiger partial charge in [-0.15, -0.1) is 0 Å². The minimum absolute atomic E-state index is 0.0629. The zero-order valence-corrected chi connectivity index (χ0v) is 12.2. The molecule has 0 bridgehead atoms. The van der Waals surface area contributed by atoms with Gasteiger partial charge in [-0.25, -0.2) is 0 Å². The summed E-state index contributed by atoms with van der Waals surface area (Å²) in [5, 5.41) is 20.2. The lowest BCUT2D eigenvalue weighted by Crippen LogP contribution is -2.39. The van der Waals surface area contributed by atoms with Crippen LogP contribution in [0.2, 0.25) is 0 Å². The molecule has 2 aromatic rings. The molecule has 0 aliphatic rings. The van der Waals surface area contributed by atoms with Crippen LogP contribution in [0.15, 0.2) is 60.7 Å². The highest BCUT2D eigenvalue weighted by Gasteiger charge is 2.28. The molecule has 0 radical (unpaired) electrons. The van der Waals surface area contributed by atoms with E-state index in [2.05, 4.69) is 0 Å². The highest BCUT2D eigenvalue weighted by atomic mass is 16.5. The Labute approximate surface area is 125 Å². The second kappa shape index (κ2) is 7.81. The SMILES string of the molecule is CCC(c1ccccc1)C(O)C(CO)Oc1ccccc1. The molecule has 0 aliphatic carbocycles. The van der Waals surface area contributed by atoms with E-state index in [1.54, 1.807) is 0 Å². The molecule has 3 nitrogen and oxygen atoms in total. The Kier molecular flexibility index (Phi) is 5.78. The highest BCUT2D eigenvalue weighted by molar-refractivity contribution is 5.23. The zero-order chi connectivity index (χ0) is 15.1. The van der Waals surface area contributed by atoms with E-state index in [4.69, 9.17) is 4.74 Å². The first kappa shape index (κ1) is 15.5. The Morgan fingerprint density at radius 3 is 2.05 bits per heavy atom. The molecule has 3 atom stereocenters. The van der Waals surface area contributed by atoms with Crippen molar-refractivity contribution < 1.29 is 14.9 Å². The van der Waals surface area contributed by atoms with Gasteiger partial charge in [0.05, 0.1) is 12.7 Å². The number of hydrogen-bond acceptors (Lipinski definition) is 3. The van der Waals surface area contributed by atoms with Gasteiger partial charge in [0, 0.05) is 5.92 Å². The molecule has 0 heterocycles. The highest BCUT2D eigenvalue weighted by Crippen LogP contribution is 2.27. The summed E-state index contributed by atoms with van der Waals surface area (Å²) in [6.07, 6.45) is -0.625. The molecular weight excluding hydrogens is 264 g/mol. The van der Waals surface area contributed by atoms with E-state index in [0.29, 0.717) is 5.75 Å².